The van der Waals surface area contributed by atoms with Crippen LogP contribution in [-0.4, -0.2) is 14.2 Å². The lowest BCUT2D eigenvalue weighted by Crippen LogP contribution is -2.34. The molecule has 0 fully saturated rings. The summed E-state index contributed by atoms with van der Waals surface area (Å²) in [5, 5.41) is 0. The third-order valence-corrected chi connectivity index (χ3v) is 5.78. The molecular formula is C16H17BrFNO2S. The Labute approximate surface area is 139 Å². The molecule has 3 nitrogen and oxygen atoms in total. The van der Waals surface area contributed by atoms with E-state index in [2.05, 4.69) is 15.9 Å². The van der Waals surface area contributed by atoms with Gasteiger partial charge in [-0.25, -0.2) is 12.8 Å². The molecule has 118 valence electrons. The number of halogens is 2. The summed E-state index contributed by atoms with van der Waals surface area (Å²) < 4.78 is 40.3. The highest BCUT2D eigenvalue weighted by atomic mass is 79.9. The summed E-state index contributed by atoms with van der Waals surface area (Å²) in [5.74, 6) is -0.353. The molecule has 1 atom stereocenters. The van der Waals surface area contributed by atoms with E-state index in [-0.39, 0.29) is 11.6 Å². The normalized spacial score (nSPS) is 12.9. The van der Waals surface area contributed by atoms with Crippen molar-refractivity contribution in [3.8, 4) is 0 Å². The zero-order valence-electron chi connectivity index (χ0n) is 12.3. The number of benzene rings is 2. The van der Waals surface area contributed by atoms with Gasteiger partial charge in [0.2, 0.25) is 10.0 Å². The Bertz CT molecular complexity index is 747. The Morgan fingerprint density at radius 2 is 1.82 bits per heavy atom. The first-order valence-electron chi connectivity index (χ1n) is 6.88. The lowest BCUT2D eigenvalue weighted by atomic mass is 10.1. The highest BCUT2D eigenvalue weighted by molar-refractivity contribution is 9.10. The quantitative estimate of drug-likeness (QED) is 0.759. The van der Waals surface area contributed by atoms with Crippen LogP contribution in [0.1, 0.15) is 25.5 Å². The van der Waals surface area contributed by atoms with Gasteiger partial charge in [-0.05, 0) is 49.7 Å². The SMILES string of the molecule is CCS(=O)(=O)N(c1cccc(Br)c1)[C@H](C)c1ccc(F)cc1. The molecule has 22 heavy (non-hydrogen) atoms. The molecule has 2 rings (SSSR count). The molecule has 0 amide bonds. The third kappa shape index (κ3) is 3.67. The molecule has 0 aliphatic carbocycles. The summed E-state index contributed by atoms with van der Waals surface area (Å²) in [7, 11) is -3.47. The van der Waals surface area contributed by atoms with E-state index in [9.17, 15) is 12.8 Å². The highest BCUT2D eigenvalue weighted by Gasteiger charge is 2.27. The summed E-state index contributed by atoms with van der Waals surface area (Å²) >= 11 is 3.36. The lowest BCUT2D eigenvalue weighted by Gasteiger charge is -2.30. The van der Waals surface area contributed by atoms with E-state index in [1.54, 1.807) is 44.2 Å². The van der Waals surface area contributed by atoms with Gasteiger partial charge in [0.25, 0.3) is 0 Å². The van der Waals surface area contributed by atoms with E-state index in [1.165, 1.54) is 16.4 Å². The van der Waals surface area contributed by atoms with Crippen molar-refractivity contribution in [1.82, 2.24) is 0 Å². The minimum Gasteiger partial charge on any atom is -0.263 e. The molecule has 0 aliphatic heterocycles. The lowest BCUT2D eigenvalue weighted by molar-refractivity contribution is 0.583. The first-order valence-corrected chi connectivity index (χ1v) is 9.28. The molecular weight excluding hydrogens is 369 g/mol. The maximum Gasteiger partial charge on any atom is 0.235 e. The Morgan fingerprint density at radius 3 is 2.36 bits per heavy atom. The van der Waals surface area contributed by atoms with Crippen LogP contribution in [0, 0.1) is 5.82 Å². The van der Waals surface area contributed by atoms with Crippen molar-refractivity contribution >= 4 is 31.6 Å². The van der Waals surface area contributed by atoms with Crippen molar-refractivity contribution in [3.63, 3.8) is 0 Å². The number of nitrogens with zero attached hydrogens (tertiary/aromatic N) is 1. The molecule has 0 heterocycles. The maximum atomic E-state index is 13.1. The molecule has 0 bridgehead atoms. The van der Waals surface area contributed by atoms with E-state index in [1.807, 2.05) is 6.07 Å². The van der Waals surface area contributed by atoms with Crippen molar-refractivity contribution < 1.29 is 12.8 Å². The monoisotopic (exact) mass is 385 g/mol. The molecule has 2 aromatic carbocycles. The summed E-state index contributed by atoms with van der Waals surface area (Å²) in [5.41, 5.74) is 1.31. The Kier molecular flexibility index (Phi) is 5.24. The molecule has 0 aliphatic rings. The first-order chi connectivity index (χ1) is 10.3. The van der Waals surface area contributed by atoms with Gasteiger partial charge in [0.15, 0.2) is 0 Å². The van der Waals surface area contributed by atoms with E-state index >= 15 is 0 Å². The summed E-state index contributed by atoms with van der Waals surface area (Å²) in [4.78, 5) is 0. The average molecular weight is 386 g/mol. The summed E-state index contributed by atoms with van der Waals surface area (Å²) in [6.45, 7) is 3.40. The van der Waals surface area contributed by atoms with Gasteiger partial charge in [-0.3, -0.25) is 4.31 Å². The molecule has 0 N–H and O–H groups in total. The van der Waals surface area contributed by atoms with E-state index in [0.29, 0.717) is 5.69 Å². The van der Waals surface area contributed by atoms with Crippen molar-refractivity contribution in [2.75, 3.05) is 10.1 Å². The fraction of sp³-hybridized carbons (Fsp3) is 0.250. The van der Waals surface area contributed by atoms with Crippen molar-refractivity contribution in [2.24, 2.45) is 0 Å². The number of sulfonamides is 1. The van der Waals surface area contributed by atoms with Crippen LogP contribution < -0.4 is 4.31 Å². The molecule has 0 saturated carbocycles. The van der Waals surface area contributed by atoms with Gasteiger partial charge in [-0.1, -0.05) is 34.1 Å². The van der Waals surface area contributed by atoms with Crippen LogP contribution in [0.25, 0.3) is 0 Å². The topological polar surface area (TPSA) is 37.4 Å². The molecule has 0 spiro atoms. The third-order valence-electron chi connectivity index (χ3n) is 3.43. The van der Waals surface area contributed by atoms with Crippen LogP contribution in [0.5, 0.6) is 0 Å². The molecule has 2 aromatic rings. The maximum absolute atomic E-state index is 13.1. The Hall–Kier alpha value is -1.40. The number of rotatable bonds is 5. The van der Waals surface area contributed by atoms with Crippen LogP contribution in [-0.2, 0) is 10.0 Å². The Balaban J connectivity index is 2.51. The van der Waals surface area contributed by atoms with E-state index < -0.39 is 16.1 Å². The molecule has 6 heteroatoms. The van der Waals surface area contributed by atoms with E-state index in [4.69, 9.17) is 0 Å². The standard InChI is InChI=1S/C16H17BrFNO2S/c1-3-22(20,21)19(16-6-4-5-14(17)11-16)12(2)13-7-9-15(18)10-8-13/h4-12H,3H2,1-2H3/t12-/m1/s1. The second kappa shape index (κ2) is 6.79. The zero-order chi connectivity index (χ0) is 16.3. The highest BCUT2D eigenvalue weighted by Crippen LogP contribution is 2.31. The van der Waals surface area contributed by atoms with Gasteiger partial charge >= 0.3 is 0 Å². The van der Waals surface area contributed by atoms with Crippen LogP contribution >= 0.6 is 15.9 Å². The van der Waals surface area contributed by atoms with Gasteiger partial charge in [0.05, 0.1) is 17.5 Å². The minimum absolute atomic E-state index is 0.00888. The van der Waals surface area contributed by atoms with Crippen LogP contribution in [0.15, 0.2) is 53.0 Å². The van der Waals surface area contributed by atoms with Gasteiger partial charge in [-0.15, -0.1) is 0 Å². The van der Waals surface area contributed by atoms with E-state index in [0.717, 1.165) is 10.0 Å². The average Bonchev–Trinajstić information content (AvgIpc) is 2.48. The smallest absolute Gasteiger partial charge is 0.235 e. The van der Waals surface area contributed by atoms with Gasteiger partial charge in [-0.2, -0.15) is 0 Å². The fourth-order valence-corrected chi connectivity index (χ4v) is 3.96. The first kappa shape index (κ1) is 17.0. The molecule has 0 unspecified atom stereocenters. The van der Waals surface area contributed by atoms with Crippen LogP contribution in [0.3, 0.4) is 0 Å². The fourth-order valence-electron chi connectivity index (χ4n) is 2.25. The predicted octanol–water partition coefficient (Wildman–Crippen LogP) is 4.51. The van der Waals surface area contributed by atoms with Crippen LogP contribution in [0.2, 0.25) is 0 Å². The summed E-state index contributed by atoms with van der Waals surface area (Å²) in [6.07, 6.45) is 0. The van der Waals surface area contributed by atoms with Crippen molar-refractivity contribution in [2.45, 2.75) is 19.9 Å². The van der Waals surface area contributed by atoms with Crippen LogP contribution in [0.4, 0.5) is 10.1 Å². The van der Waals surface area contributed by atoms with Gasteiger partial charge in [0.1, 0.15) is 5.82 Å². The van der Waals surface area contributed by atoms with Gasteiger partial charge < -0.3 is 0 Å². The second-order valence-corrected chi connectivity index (χ2v) is 7.95. The van der Waals surface area contributed by atoms with Crippen molar-refractivity contribution in [3.05, 3.63) is 64.4 Å². The van der Waals surface area contributed by atoms with Gasteiger partial charge in [0, 0.05) is 4.47 Å². The summed E-state index contributed by atoms with van der Waals surface area (Å²) in [6, 6.07) is 12.6. The molecule has 0 aromatic heterocycles. The molecule has 0 radical (unpaired) electrons. The predicted molar refractivity (Wildman–Crippen MR) is 90.9 cm³/mol. The largest absolute Gasteiger partial charge is 0.263 e. The number of hydrogen-bond donors (Lipinski definition) is 0. The Morgan fingerprint density at radius 1 is 1.18 bits per heavy atom. The minimum atomic E-state index is -3.47. The molecule has 0 saturated heterocycles. The van der Waals surface area contributed by atoms with Crippen molar-refractivity contribution in [1.29, 1.82) is 0 Å². The second-order valence-electron chi connectivity index (χ2n) is 4.90. The number of hydrogen-bond acceptors (Lipinski definition) is 2. The number of anilines is 1. The zero-order valence-corrected chi connectivity index (χ0v) is 14.7.